The first-order valence-electron chi connectivity index (χ1n) is 5.72. The monoisotopic (exact) mass is 235 g/mol. The predicted molar refractivity (Wildman–Crippen MR) is 65.2 cm³/mol. The molecule has 0 aromatic heterocycles. The van der Waals surface area contributed by atoms with Crippen LogP contribution < -0.4 is 14.8 Å². The Hall–Kier alpha value is -1.55. The number of nitrogens with one attached hydrogen (secondary N) is 1. The highest BCUT2D eigenvalue weighted by Gasteiger charge is 2.21. The Morgan fingerprint density at radius 3 is 2.53 bits per heavy atom. The van der Waals surface area contributed by atoms with Gasteiger partial charge in [-0.2, -0.15) is 0 Å². The molecule has 92 valence electrons. The third-order valence-electron chi connectivity index (χ3n) is 3.22. The van der Waals surface area contributed by atoms with Crippen LogP contribution in [0.25, 0.3) is 0 Å². The molecule has 4 nitrogen and oxygen atoms in total. The van der Waals surface area contributed by atoms with Gasteiger partial charge in [-0.1, -0.05) is 0 Å². The third kappa shape index (κ3) is 2.26. The lowest BCUT2D eigenvalue weighted by atomic mass is 9.93. The van der Waals surface area contributed by atoms with E-state index in [1.807, 2.05) is 6.07 Å². The van der Waals surface area contributed by atoms with Gasteiger partial charge in [0.2, 0.25) is 0 Å². The Bertz CT molecular complexity index is 411. The van der Waals surface area contributed by atoms with Gasteiger partial charge in [-0.05, 0) is 36.6 Å². The number of ether oxygens (including phenoxy) is 2. The van der Waals surface area contributed by atoms with Crippen molar-refractivity contribution in [3.63, 3.8) is 0 Å². The molecule has 1 N–H and O–H groups in total. The molecule has 1 saturated heterocycles. The molecule has 1 aliphatic rings. The zero-order valence-corrected chi connectivity index (χ0v) is 10.2. The van der Waals surface area contributed by atoms with Crippen LogP contribution in [0.2, 0.25) is 0 Å². The summed E-state index contributed by atoms with van der Waals surface area (Å²) in [5, 5.41) is 3.30. The molecule has 1 heterocycles. The standard InChI is InChI=1S/C13H17NO3/c1-16-12-5-10(8-15)11(6-13(12)17-2)9-3-4-14-7-9/h5-6,8-9,14H,3-4,7H2,1-2H3. The minimum atomic E-state index is 0.384. The van der Waals surface area contributed by atoms with Crippen LogP contribution in [-0.4, -0.2) is 33.6 Å². The van der Waals surface area contributed by atoms with Crippen LogP contribution in [0.4, 0.5) is 0 Å². The molecule has 1 atom stereocenters. The second-order valence-corrected chi connectivity index (χ2v) is 4.14. The maximum Gasteiger partial charge on any atom is 0.161 e. The maximum absolute atomic E-state index is 11.1. The first kappa shape index (κ1) is 11.9. The van der Waals surface area contributed by atoms with Crippen molar-refractivity contribution in [1.82, 2.24) is 5.32 Å². The molecule has 0 saturated carbocycles. The fraction of sp³-hybridized carbons (Fsp3) is 0.462. The molecule has 0 spiro atoms. The quantitative estimate of drug-likeness (QED) is 0.805. The molecule has 0 radical (unpaired) electrons. The van der Waals surface area contributed by atoms with Gasteiger partial charge in [0.25, 0.3) is 0 Å². The number of carbonyl (C=O) groups is 1. The molecule has 17 heavy (non-hydrogen) atoms. The van der Waals surface area contributed by atoms with Crippen molar-refractivity contribution in [2.45, 2.75) is 12.3 Å². The van der Waals surface area contributed by atoms with Gasteiger partial charge in [-0.3, -0.25) is 4.79 Å². The lowest BCUT2D eigenvalue weighted by Gasteiger charge is -2.15. The average molecular weight is 235 g/mol. The molecule has 0 amide bonds. The average Bonchev–Trinajstić information content (AvgIpc) is 2.90. The maximum atomic E-state index is 11.1. The zero-order chi connectivity index (χ0) is 12.3. The Labute approximate surface area is 101 Å². The second kappa shape index (κ2) is 5.19. The number of hydrogen-bond donors (Lipinski definition) is 1. The fourth-order valence-electron chi connectivity index (χ4n) is 2.29. The summed E-state index contributed by atoms with van der Waals surface area (Å²) in [6.07, 6.45) is 1.94. The van der Waals surface area contributed by atoms with Crippen LogP contribution in [-0.2, 0) is 0 Å². The van der Waals surface area contributed by atoms with Crippen LogP contribution >= 0.6 is 0 Å². The molecule has 0 aliphatic carbocycles. The molecule has 1 unspecified atom stereocenters. The molecule has 1 aromatic rings. The molecule has 1 aliphatic heterocycles. The van der Waals surface area contributed by atoms with E-state index >= 15 is 0 Å². The Balaban J connectivity index is 2.45. The van der Waals surface area contributed by atoms with Gasteiger partial charge in [0.15, 0.2) is 11.5 Å². The van der Waals surface area contributed by atoms with E-state index in [1.165, 1.54) is 0 Å². The molecule has 2 rings (SSSR count). The van der Waals surface area contributed by atoms with Crippen molar-refractivity contribution in [2.24, 2.45) is 0 Å². The molecular weight excluding hydrogens is 218 g/mol. The van der Waals surface area contributed by atoms with Crippen LogP contribution in [0.1, 0.15) is 28.3 Å². The summed E-state index contributed by atoms with van der Waals surface area (Å²) in [6, 6.07) is 3.67. The van der Waals surface area contributed by atoms with Gasteiger partial charge in [0.05, 0.1) is 14.2 Å². The summed E-state index contributed by atoms with van der Waals surface area (Å²) in [7, 11) is 3.18. The summed E-state index contributed by atoms with van der Waals surface area (Å²) >= 11 is 0. The van der Waals surface area contributed by atoms with Gasteiger partial charge in [0.1, 0.15) is 6.29 Å². The molecule has 1 fully saturated rings. The molecular formula is C13H17NO3. The van der Waals surface area contributed by atoms with Crippen LogP contribution in [0, 0.1) is 0 Å². The lowest BCUT2D eigenvalue weighted by molar-refractivity contribution is 0.112. The van der Waals surface area contributed by atoms with Crippen molar-refractivity contribution >= 4 is 6.29 Å². The molecule has 0 bridgehead atoms. The van der Waals surface area contributed by atoms with E-state index < -0.39 is 0 Å². The van der Waals surface area contributed by atoms with Gasteiger partial charge in [-0.15, -0.1) is 0 Å². The summed E-state index contributed by atoms with van der Waals surface area (Å²) in [5.41, 5.74) is 1.74. The SMILES string of the molecule is COc1cc(C=O)c(C2CCNC2)cc1OC. The minimum absolute atomic E-state index is 0.384. The van der Waals surface area contributed by atoms with E-state index in [9.17, 15) is 4.79 Å². The fourth-order valence-corrected chi connectivity index (χ4v) is 2.29. The summed E-state index contributed by atoms with van der Waals surface area (Å²) in [6.45, 7) is 1.91. The molecule has 4 heteroatoms. The van der Waals surface area contributed by atoms with E-state index in [-0.39, 0.29) is 0 Å². The first-order chi connectivity index (χ1) is 8.30. The summed E-state index contributed by atoms with van der Waals surface area (Å²) in [4.78, 5) is 11.1. The smallest absolute Gasteiger partial charge is 0.161 e. The third-order valence-corrected chi connectivity index (χ3v) is 3.22. The predicted octanol–water partition coefficient (Wildman–Crippen LogP) is 1.59. The Morgan fingerprint density at radius 1 is 1.29 bits per heavy atom. The normalized spacial score (nSPS) is 19.1. The highest BCUT2D eigenvalue weighted by atomic mass is 16.5. The van der Waals surface area contributed by atoms with Gasteiger partial charge in [0, 0.05) is 12.1 Å². The van der Waals surface area contributed by atoms with Gasteiger partial charge in [-0.25, -0.2) is 0 Å². The van der Waals surface area contributed by atoms with E-state index in [1.54, 1.807) is 20.3 Å². The largest absolute Gasteiger partial charge is 0.493 e. The highest BCUT2D eigenvalue weighted by Crippen LogP contribution is 2.35. The lowest BCUT2D eigenvalue weighted by Crippen LogP contribution is -2.09. The first-order valence-corrected chi connectivity index (χ1v) is 5.72. The van der Waals surface area contributed by atoms with Crippen LogP contribution in [0.15, 0.2) is 12.1 Å². The van der Waals surface area contributed by atoms with E-state index in [0.717, 1.165) is 31.4 Å². The van der Waals surface area contributed by atoms with Crippen molar-refractivity contribution in [3.05, 3.63) is 23.3 Å². The Morgan fingerprint density at radius 2 is 2.00 bits per heavy atom. The number of benzene rings is 1. The summed E-state index contributed by atoms with van der Waals surface area (Å²) < 4.78 is 10.5. The van der Waals surface area contributed by atoms with Crippen molar-refractivity contribution in [3.8, 4) is 11.5 Å². The van der Waals surface area contributed by atoms with Crippen molar-refractivity contribution in [2.75, 3.05) is 27.3 Å². The van der Waals surface area contributed by atoms with Gasteiger partial charge < -0.3 is 14.8 Å². The number of methoxy groups -OCH3 is 2. The molecule has 1 aromatic carbocycles. The van der Waals surface area contributed by atoms with E-state index in [0.29, 0.717) is 23.0 Å². The van der Waals surface area contributed by atoms with Gasteiger partial charge >= 0.3 is 0 Å². The number of hydrogen-bond acceptors (Lipinski definition) is 4. The van der Waals surface area contributed by atoms with Crippen molar-refractivity contribution in [1.29, 1.82) is 0 Å². The van der Waals surface area contributed by atoms with E-state index in [4.69, 9.17) is 9.47 Å². The van der Waals surface area contributed by atoms with E-state index in [2.05, 4.69) is 5.32 Å². The number of aldehydes is 1. The second-order valence-electron chi connectivity index (χ2n) is 4.14. The topological polar surface area (TPSA) is 47.6 Å². The highest BCUT2D eigenvalue weighted by molar-refractivity contribution is 5.79. The number of rotatable bonds is 4. The van der Waals surface area contributed by atoms with Crippen LogP contribution in [0.5, 0.6) is 11.5 Å². The van der Waals surface area contributed by atoms with Crippen molar-refractivity contribution < 1.29 is 14.3 Å². The summed E-state index contributed by atoms with van der Waals surface area (Å²) in [5.74, 6) is 1.67. The zero-order valence-electron chi connectivity index (χ0n) is 10.2. The number of carbonyl (C=O) groups excluding carboxylic acids is 1. The minimum Gasteiger partial charge on any atom is -0.493 e. The van der Waals surface area contributed by atoms with Crippen LogP contribution in [0.3, 0.4) is 0 Å². The Kier molecular flexibility index (Phi) is 3.64.